The molecule has 0 saturated carbocycles. The average molecular weight is 286 g/mol. The number of furan rings is 1. The fraction of sp³-hybridized carbons (Fsp3) is 0.0714. The van der Waals surface area contributed by atoms with E-state index in [0.717, 1.165) is 4.57 Å². The van der Waals surface area contributed by atoms with Crippen LogP contribution in [0.5, 0.6) is 17.4 Å². The van der Waals surface area contributed by atoms with Crippen molar-refractivity contribution < 1.29 is 23.8 Å². The summed E-state index contributed by atoms with van der Waals surface area (Å²) in [4.78, 5) is 12.3. The van der Waals surface area contributed by atoms with E-state index >= 15 is 0 Å². The third kappa shape index (κ3) is 1.71. The summed E-state index contributed by atoms with van der Waals surface area (Å²) in [6, 6.07) is 7.67. The first-order chi connectivity index (χ1) is 10.2. The Labute approximate surface area is 118 Å². The van der Waals surface area contributed by atoms with Gasteiger partial charge in [-0.3, -0.25) is 5.32 Å². The van der Waals surface area contributed by atoms with E-state index < -0.39 is 6.03 Å². The Morgan fingerprint density at radius 1 is 1.29 bits per heavy atom. The summed E-state index contributed by atoms with van der Waals surface area (Å²) in [7, 11) is 0. The molecule has 0 fully saturated rings. The van der Waals surface area contributed by atoms with Gasteiger partial charge in [0.25, 0.3) is 0 Å². The summed E-state index contributed by atoms with van der Waals surface area (Å²) in [5, 5.41) is 13.3. The lowest BCUT2D eigenvalue weighted by molar-refractivity contribution is 0.174. The highest BCUT2D eigenvalue weighted by Gasteiger charge is 2.24. The van der Waals surface area contributed by atoms with Crippen molar-refractivity contribution in [3.8, 4) is 17.4 Å². The number of amides is 1. The Balaban J connectivity index is 1.86. The van der Waals surface area contributed by atoms with Gasteiger partial charge in [-0.15, -0.1) is 0 Å². The molecule has 7 heteroatoms. The van der Waals surface area contributed by atoms with E-state index in [0.29, 0.717) is 22.4 Å². The molecule has 106 valence electrons. The zero-order valence-electron chi connectivity index (χ0n) is 10.7. The van der Waals surface area contributed by atoms with Crippen LogP contribution < -0.4 is 14.8 Å². The van der Waals surface area contributed by atoms with Crippen LogP contribution in [0, 0.1) is 0 Å². The van der Waals surface area contributed by atoms with Gasteiger partial charge in [0.15, 0.2) is 11.5 Å². The first-order valence-electron chi connectivity index (χ1n) is 6.22. The molecular formula is C14H10N2O5. The van der Waals surface area contributed by atoms with Crippen molar-refractivity contribution >= 4 is 22.8 Å². The van der Waals surface area contributed by atoms with Crippen molar-refractivity contribution in [1.29, 1.82) is 0 Å². The van der Waals surface area contributed by atoms with Crippen LogP contribution in [0.1, 0.15) is 0 Å². The fourth-order valence-corrected chi connectivity index (χ4v) is 2.35. The molecule has 0 radical (unpaired) electrons. The van der Waals surface area contributed by atoms with E-state index in [4.69, 9.17) is 13.9 Å². The number of fused-ring (bicyclic) bond motifs is 3. The molecule has 3 heterocycles. The molecule has 1 aliphatic heterocycles. The minimum Gasteiger partial charge on any atom is -0.494 e. The van der Waals surface area contributed by atoms with Crippen molar-refractivity contribution in [2.45, 2.75) is 0 Å². The molecule has 2 N–H and O–H groups in total. The summed E-state index contributed by atoms with van der Waals surface area (Å²) in [5.74, 6) is 1.05. The number of rotatable bonds is 1. The lowest BCUT2D eigenvalue weighted by Gasteiger charge is -2.07. The fourth-order valence-electron chi connectivity index (χ4n) is 2.35. The van der Waals surface area contributed by atoms with Gasteiger partial charge in [-0.05, 0) is 18.2 Å². The minimum atomic E-state index is -0.554. The number of nitrogens with one attached hydrogen (secondary N) is 1. The van der Waals surface area contributed by atoms with Crippen molar-refractivity contribution in [2.75, 3.05) is 12.1 Å². The van der Waals surface area contributed by atoms with E-state index in [2.05, 4.69) is 5.32 Å². The first kappa shape index (κ1) is 11.7. The quantitative estimate of drug-likeness (QED) is 0.718. The minimum absolute atomic E-state index is 0.0835. The molecule has 1 aromatic carbocycles. The number of carbonyl (C=O) groups is 1. The van der Waals surface area contributed by atoms with Crippen LogP contribution in [-0.2, 0) is 0 Å². The van der Waals surface area contributed by atoms with E-state index in [9.17, 15) is 9.90 Å². The summed E-state index contributed by atoms with van der Waals surface area (Å²) < 4.78 is 16.9. The lowest BCUT2D eigenvalue weighted by atomic mass is 10.2. The molecule has 21 heavy (non-hydrogen) atoms. The highest BCUT2D eigenvalue weighted by Crippen LogP contribution is 2.41. The van der Waals surface area contributed by atoms with Crippen molar-refractivity contribution in [1.82, 2.24) is 4.57 Å². The molecule has 0 aliphatic carbocycles. The van der Waals surface area contributed by atoms with Crippen LogP contribution in [0.25, 0.3) is 10.9 Å². The second-order valence-electron chi connectivity index (χ2n) is 4.48. The van der Waals surface area contributed by atoms with E-state index in [1.54, 1.807) is 24.3 Å². The smallest absolute Gasteiger partial charge is 0.335 e. The molecule has 1 aliphatic rings. The zero-order valence-corrected chi connectivity index (χ0v) is 10.7. The standard InChI is InChI=1S/C14H10N2O5/c17-11-6-8-3-4-9-13(21-7-20-9)12(8)16(11)14(18)15-10-2-1-5-19-10/h1-6,17H,7H2,(H,15,18). The van der Waals surface area contributed by atoms with Gasteiger partial charge in [-0.1, -0.05) is 0 Å². The molecule has 0 saturated heterocycles. The van der Waals surface area contributed by atoms with Crippen LogP contribution >= 0.6 is 0 Å². The molecule has 2 aromatic heterocycles. The highest BCUT2D eigenvalue weighted by atomic mass is 16.7. The summed E-state index contributed by atoms with van der Waals surface area (Å²) in [6.45, 7) is 0.0835. The van der Waals surface area contributed by atoms with Crippen molar-refractivity contribution in [2.24, 2.45) is 0 Å². The Hall–Kier alpha value is -3.09. The second-order valence-corrected chi connectivity index (χ2v) is 4.48. The summed E-state index contributed by atoms with van der Waals surface area (Å²) in [5.41, 5.74) is 0.451. The van der Waals surface area contributed by atoms with Gasteiger partial charge < -0.3 is 19.0 Å². The molecule has 0 unspecified atom stereocenters. The largest absolute Gasteiger partial charge is 0.494 e. The Morgan fingerprint density at radius 2 is 2.19 bits per heavy atom. The van der Waals surface area contributed by atoms with Gasteiger partial charge >= 0.3 is 6.03 Å². The number of anilines is 1. The maximum atomic E-state index is 12.3. The Morgan fingerprint density at radius 3 is 3.00 bits per heavy atom. The molecule has 1 amide bonds. The van der Waals surface area contributed by atoms with Gasteiger partial charge in [0.1, 0.15) is 5.52 Å². The van der Waals surface area contributed by atoms with Crippen LogP contribution in [-0.4, -0.2) is 22.5 Å². The number of ether oxygens (including phenoxy) is 2. The van der Waals surface area contributed by atoms with Crippen LogP contribution in [0.3, 0.4) is 0 Å². The van der Waals surface area contributed by atoms with E-state index in [1.807, 2.05) is 0 Å². The molecular weight excluding hydrogens is 276 g/mol. The molecule has 3 aromatic rings. The van der Waals surface area contributed by atoms with Gasteiger partial charge in [-0.25, -0.2) is 9.36 Å². The Kier molecular flexibility index (Phi) is 2.34. The molecule has 0 spiro atoms. The SMILES string of the molecule is O=C(Nc1ccco1)n1c(O)cc2ccc3c(c21)OCO3. The topological polar surface area (TPSA) is 85.9 Å². The normalized spacial score (nSPS) is 12.8. The number of hydrogen-bond donors (Lipinski definition) is 2. The number of aromatic nitrogens is 1. The number of hydrogen-bond acceptors (Lipinski definition) is 5. The lowest BCUT2D eigenvalue weighted by Crippen LogP contribution is -2.18. The second kappa shape index (κ2) is 4.20. The number of benzene rings is 1. The van der Waals surface area contributed by atoms with Crippen LogP contribution in [0.15, 0.2) is 41.0 Å². The third-order valence-electron chi connectivity index (χ3n) is 3.24. The summed E-state index contributed by atoms with van der Waals surface area (Å²) >= 11 is 0. The Bertz CT molecular complexity index is 835. The summed E-state index contributed by atoms with van der Waals surface area (Å²) in [6.07, 6.45) is 1.44. The number of aromatic hydroxyl groups is 1. The molecule has 7 nitrogen and oxygen atoms in total. The van der Waals surface area contributed by atoms with Gasteiger partial charge in [-0.2, -0.15) is 0 Å². The predicted octanol–water partition coefficient (Wildman–Crippen LogP) is 2.75. The third-order valence-corrected chi connectivity index (χ3v) is 3.24. The van der Waals surface area contributed by atoms with Gasteiger partial charge in [0, 0.05) is 17.5 Å². The zero-order chi connectivity index (χ0) is 14.4. The molecule has 0 atom stereocenters. The van der Waals surface area contributed by atoms with Crippen molar-refractivity contribution in [3.63, 3.8) is 0 Å². The van der Waals surface area contributed by atoms with E-state index in [-0.39, 0.29) is 18.6 Å². The van der Waals surface area contributed by atoms with Gasteiger partial charge in [0.2, 0.25) is 18.6 Å². The molecule has 4 rings (SSSR count). The number of carbonyl (C=O) groups excluding carboxylic acids is 1. The van der Waals surface area contributed by atoms with E-state index in [1.165, 1.54) is 12.3 Å². The molecule has 0 bridgehead atoms. The maximum Gasteiger partial charge on any atom is 0.335 e. The maximum absolute atomic E-state index is 12.3. The monoisotopic (exact) mass is 286 g/mol. The van der Waals surface area contributed by atoms with Crippen molar-refractivity contribution in [3.05, 3.63) is 36.6 Å². The van der Waals surface area contributed by atoms with Crippen LogP contribution in [0.4, 0.5) is 10.7 Å². The first-order valence-corrected chi connectivity index (χ1v) is 6.22. The average Bonchev–Trinajstić information content (AvgIpc) is 3.14. The highest BCUT2D eigenvalue weighted by molar-refractivity contribution is 6.02. The number of nitrogens with zero attached hydrogens (tertiary/aromatic N) is 1. The predicted molar refractivity (Wildman–Crippen MR) is 72.9 cm³/mol. The van der Waals surface area contributed by atoms with Crippen LogP contribution in [0.2, 0.25) is 0 Å². The van der Waals surface area contributed by atoms with Gasteiger partial charge in [0.05, 0.1) is 6.26 Å².